The van der Waals surface area contributed by atoms with Gasteiger partial charge >= 0.3 is 0 Å². The SMILES string of the molecule is CCN(C)C(c1ccncc1)C(C)N. The molecule has 0 radical (unpaired) electrons. The van der Waals surface area contributed by atoms with Crippen LogP contribution in [0.3, 0.4) is 0 Å². The van der Waals surface area contributed by atoms with Crippen LogP contribution in [0.5, 0.6) is 0 Å². The van der Waals surface area contributed by atoms with Crippen molar-refractivity contribution in [1.82, 2.24) is 9.88 Å². The molecule has 2 unspecified atom stereocenters. The summed E-state index contributed by atoms with van der Waals surface area (Å²) in [7, 11) is 2.09. The highest BCUT2D eigenvalue weighted by Gasteiger charge is 2.19. The minimum absolute atomic E-state index is 0.127. The molecule has 0 fully saturated rings. The molecule has 0 aliphatic heterocycles. The second kappa shape index (κ2) is 5.08. The van der Waals surface area contributed by atoms with E-state index in [2.05, 4.69) is 23.9 Å². The van der Waals surface area contributed by atoms with Crippen LogP contribution in [0.1, 0.15) is 25.5 Å². The van der Waals surface area contributed by atoms with Crippen molar-refractivity contribution >= 4 is 0 Å². The van der Waals surface area contributed by atoms with Crippen molar-refractivity contribution in [2.24, 2.45) is 5.73 Å². The molecule has 0 bridgehead atoms. The predicted octanol–water partition coefficient (Wildman–Crippen LogP) is 1.42. The Bertz CT molecular complexity index is 258. The molecule has 2 atom stereocenters. The summed E-state index contributed by atoms with van der Waals surface area (Å²) >= 11 is 0. The van der Waals surface area contributed by atoms with Crippen LogP contribution < -0.4 is 5.73 Å². The summed E-state index contributed by atoms with van der Waals surface area (Å²) in [4.78, 5) is 6.26. The van der Waals surface area contributed by atoms with E-state index in [1.807, 2.05) is 31.5 Å². The van der Waals surface area contributed by atoms with E-state index < -0.39 is 0 Å². The zero-order valence-electron chi connectivity index (χ0n) is 9.14. The lowest BCUT2D eigenvalue weighted by molar-refractivity contribution is 0.230. The number of nitrogens with zero attached hydrogens (tertiary/aromatic N) is 2. The van der Waals surface area contributed by atoms with Crippen molar-refractivity contribution in [3.63, 3.8) is 0 Å². The average Bonchev–Trinajstić information content (AvgIpc) is 2.19. The first-order chi connectivity index (χ1) is 6.66. The van der Waals surface area contributed by atoms with Crippen molar-refractivity contribution in [3.05, 3.63) is 30.1 Å². The molecule has 0 spiro atoms. The second-order valence-corrected chi connectivity index (χ2v) is 3.66. The van der Waals surface area contributed by atoms with Crippen LogP contribution in [0.15, 0.2) is 24.5 Å². The fraction of sp³-hybridized carbons (Fsp3) is 0.545. The zero-order valence-corrected chi connectivity index (χ0v) is 9.14. The molecule has 0 aliphatic carbocycles. The molecule has 1 aromatic heterocycles. The van der Waals surface area contributed by atoms with Gasteiger partial charge in [-0.2, -0.15) is 0 Å². The summed E-state index contributed by atoms with van der Waals surface area (Å²) in [5, 5.41) is 0. The first-order valence-corrected chi connectivity index (χ1v) is 5.02. The Hall–Kier alpha value is -0.930. The maximum atomic E-state index is 5.98. The zero-order chi connectivity index (χ0) is 10.6. The molecular formula is C11H19N3. The van der Waals surface area contributed by atoms with Crippen LogP contribution in [0, 0.1) is 0 Å². The van der Waals surface area contributed by atoms with Gasteiger partial charge in [-0.25, -0.2) is 0 Å². The molecular weight excluding hydrogens is 174 g/mol. The van der Waals surface area contributed by atoms with Crippen molar-refractivity contribution < 1.29 is 0 Å². The van der Waals surface area contributed by atoms with Gasteiger partial charge in [0.05, 0.1) is 0 Å². The summed E-state index contributed by atoms with van der Waals surface area (Å²) in [6.07, 6.45) is 3.63. The van der Waals surface area contributed by atoms with Crippen LogP contribution in [0.4, 0.5) is 0 Å². The van der Waals surface area contributed by atoms with Crippen LogP contribution in [-0.4, -0.2) is 29.5 Å². The third kappa shape index (κ3) is 2.53. The summed E-state index contributed by atoms with van der Waals surface area (Å²) in [6, 6.07) is 4.46. The molecule has 1 rings (SSSR count). The lowest BCUT2D eigenvalue weighted by Crippen LogP contribution is -2.37. The highest BCUT2D eigenvalue weighted by atomic mass is 15.1. The molecule has 1 aromatic rings. The summed E-state index contributed by atoms with van der Waals surface area (Å²) in [5.74, 6) is 0. The van der Waals surface area contributed by atoms with E-state index in [1.165, 1.54) is 5.56 Å². The van der Waals surface area contributed by atoms with Gasteiger partial charge in [-0.3, -0.25) is 9.88 Å². The highest BCUT2D eigenvalue weighted by molar-refractivity contribution is 5.16. The van der Waals surface area contributed by atoms with Gasteiger partial charge in [0.2, 0.25) is 0 Å². The third-order valence-electron chi connectivity index (χ3n) is 2.52. The fourth-order valence-electron chi connectivity index (χ4n) is 1.72. The van der Waals surface area contributed by atoms with E-state index in [0.717, 1.165) is 6.54 Å². The maximum absolute atomic E-state index is 5.98. The lowest BCUT2D eigenvalue weighted by Gasteiger charge is -2.30. The van der Waals surface area contributed by atoms with E-state index in [-0.39, 0.29) is 12.1 Å². The molecule has 14 heavy (non-hydrogen) atoms. The molecule has 78 valence electrons. The molecule has 0 amide bonds. The van der Waals surface area contributed by atoms with Gasteiger partial charge in [0.15, 0.2) is 0 Å². The third-order valence-corrected chi connectivity index (χ3v) is 2.52. The first kappa shape index (κ1) is 11.1. The van der Waals surface area contributed by atoms with Gasteiger partial charge in [0.1, 0.15) is 0 Å². The van der Waals surface area contributed by atoms with Crippen LogP contribution in [0.25, 0.3) is 0 Å². The van der Waals surface area contributed by atoms with E-state index >= 15 is 0 Å². The molecule has 0 saturated carbocycles. The molecule has 3 heteroatoms. The van der Waals surface area contributed by atoms with E-state index in [4.69, 9.17) is 5.73 Å². The topological polar surface area (TPSA) is 42.2 Å². The Balaban J connectivity index is 2.89. The minimum Gasteiger partial charge on any atom is -0.326 e. The first-order valence-electron chi connectivity index (χ1n) is 5.02. The Morgan fingerprint density at radius 2 is 2.00 bits per heavy atom. The number of hydrogen-bond acceptors (Lipinski definition) is 3. The quantitative estimate of drug-likeness (QED) is 0.786. The van der Waals surface area contributed by atoms with Gasteiger partial charge in [0, 0.05) is 24.5 Å². The fourth-order valence-corrected chi connectivity index (χ4v) is 1.72. The highest BCUT2D eigenvalue weighted by Crippen LogP contribution is 2.20. The average molecular weight is 193 g/mol. The molecule has 0 saturated heterocycles. The van der Waals surface area contributed by atoms with E-state index in [0.29, 0.717) is 0 Å². The summed E-state index contributed by atoms with van der Waals surface area (Å²) in [5.41, 5.74) is 7.22. The van der Waals surface area contributed by atoms with E-state index in [1.54, 1.807) is 0 Å². The molecule has 3 nitrogen and oxygen atoms in total. The molecule has 1 heterocycles. The monoisotopic (exact) mass is 193 g/mol. The van der Waals surface area contributed by atoms with Gasteiger partial charge < -0.3 is 5.73 Å². The van der Waals surface area contributed by atoms with Gasteiger partial charge in [0.25, 0.3) is 0 Å². The second-order valence-electron chi connectivity index (χ2n) is 3.66. The number of aromatic nitrogens is 1. The normalized spacial score (nSPS) is 15.5. The predicted molar refractivity (Wildman–Crippen MR) is 58.9 cm³/mol. The number of rotatable bonds is 4. The molecule has 0 aromatic carbocycles. The lowest BCUT2D eigenvalue weighted by atomic mass is 10.0. The maximum Gasteiger partial charge on any atom is 0.0494 e. The van der Waals surface area contributed by atoms with Crippen molar-refractivity contribution in [2.45, 2.75) is 25.9 Å². The standard InChI is InChI=1S/C11H19N3/c1-4-14(3)11(9(2)12)10-5-7-13-8-6-10/h5-9,11H,4,12H2,1-3H3. The van der Waals surface area contributed by atoms with Crippen LogP contribution in [0.2, 0.25) is 0 Å². The Labute approximate surface area is 85.9 Å². The molecule has 2 N–H and O–H groups in total. The van der Waals surface area contributed by atoms with Crippen molar-refractivity contribution in [2.75, 3.05) is 13.6 Å². The van der Waals surface area contributed by atoms with Crippen molar-refractivity contribution in [1.29, 1.82) is 0 Å². The number of likely N-dealkylation sites (N-methyl/N-ethyl adjacent to an activating group) is 1. The number of pyridine rings is 1. The Kier molecular flexibility index (Phi) is 4.04. The van der Waals surface area contributed by atoms with Gasteiger partial charge in [-0.15, -0.1) is 0 Å². The van der Waals surface area contributed by atoms with Crippen LogP contribution in [-0.2, 0) is 0 Å². The smallest absolute Gasteiger partial charge is 0.0494 e. The minimum atomic E-state index is 0.127. The number of nitrogens with two attached hydrogens (primary N) is 1. The Morgan fingerprint density at radius 3 is 2.43 bits per heavy atom. The molecule has 0 aliphatic rings. The van der Waals surface area contributed by atoms with Gasteiger partial charge in [-0.1, -0.05) is 6.92 Å². The van der Waals surface area contributed by atoms with Crippen LogP contribution >= 0.6 is 0 Å². The largest absolute Gasteiger partial charge is 0.326 e. The van der Waals surface area contributed by atoms with Gasteiger partial charge in [-0.05, 0) is 38.2 Å². The number of hydrogen-bond donors (Lipinski definition) is 1. The Morgan fingerprint density at radius 1 is 1.43 bits per heavy atom. The van der Waals surface area contributed by atoms with E-state index in [9.17, 15) is 0 Å². The summed E-state index contributed by atoms with van der Waals surface area (Å²) in [6.45, 7) is 5.17. The summed E-state index contributed by atoms with van der Waals surface area (Å²) < 4.78 is 0. The van der Waals surface area contributed by atoms with Crippen molar-refractivity contribution in [3.8, 4) is 0 Å².